The van der Waals surface area contributed by atoms with Crippen molar-refractivity contribution < 1.29 is 15.3 Å². The van der Waals surface area contributed by atoms with Gasteiger partial charge in [-0.2, -0.15) is 0 Å². The number of phenols is 2. The van der Waals surface area contributed by atoms with Crippen LogP contribution in [0.5, 0.6) is 11.5 Å². The average molecular weight is 218 g/mol. The van der Waals surface area contributed by atoms with Crippen molar-refractivity contribution in [2.45, 2.75) is 0 Å². The maximum Gasteiger partial charge on any atom is 0.115 e. The van der Waals surface area contributed by atoms with E-state index in [-0.39, 0.29) is 11.5 Å². The lowest BCUT2D eigenvalue weighted by Gasteiger charge is -2.01. The number of phenolic OH excluding ortho intramolecular Hbond substituents is 2. The van der Waals surface area contributed by atoms with Crippen LogP contribution in [0.4, 0.5) is 0 Å². The topological polar surface area (TPSA) is 60.7 Å². The van der Waals surface area contributed by atoms with Gasteiger partial charge in [0.25, 0.3) is 0 Å². The van der Waals surface area contributed by atoms with Gasteiger partial charge in [0.15, 0.2) is 0 Å². The molecule has 0 aromatic heterocycles. The number of hydrogen-bond donors (Lipinski definition) is 3. The Hall–Kier alpha value is -2.00. The summed E-state index contributed by atoms with van der Waals surface area (Å²) in [6, 6.07) is 13.9. The Labute approximate surface area is 94.2 Å². The van der Waals surface area contributed by atoms with E-state index in [0.29, 0.717) is 0 Å². The van der Waals surface area contributed by atoms with Crippen LogP contribution < -0.4 is 0 Å². The third-order valence-electron chi connectivity index (χ3n) is 2.07. The highest BCUT2D eigenvalue weighted by Crippen LogP contribution is 2.23. The minimum atomic E-state index is 0.257. The molecule has 0 radical (unpaired) electrons. The second kappa shape index (κ2) is 5.78. The number of benzene rings is 2. The first-order valence-corrected chi connectivity index (χ1v) is 4.79. The summed E-state index contributed by atoms with van der Waals surface area (Å²) < 4.78 is 0. The maximum atomic E-state index is 9.11. The van der Waals surface area contributed by atoms with E-state index >= 15 is 0 Å². The molecule has 0 saturated carbocycles. The molecular formula is C13H14O3. The molecule has 0 bridgehead atoms. The highest BCUT2D eigenvalue weighted by Gasteiger charge is 1.96. The zero-order valence-electron chi connectivity index (χ0n) is 8.96. The Morgan fingerprint density at radius 1 is 0.562 bits per heavy atom. The zero-order chi connectivity index (χ0) is 12.0. The molecule has 0 aliphatic heterocycles. The van der Waals surface area contributed by atoms with Crippen molar-refractivity contribution >= 4 is 0 Å². The second-order valence-electron chi connectivity index (χ2n) is 3.09. The van der Waals surface area contributed by atoms with Gasteiger partial charge in [-0.3, -0.25) is 0 Å². The van der Waals surface area contributed by atoms with Crippen LogP contribution in [0.25, 0.3) is 11.1 Å². The van der Waals surface area contributed by atoms with Gasteiger partial charge in [-0.1, -0.05) is 24.3 Å². The van der Waals surface area contributed by atoms with Gasteiger partial charge >= 0.3 is 0 Å². The summed E-state index contributed by atoms with van der Waals surface area (Å²) in [4.78, 5) is 0. The molecule has 3 heteroatoms. The highest BCUT2D eigenvalue weighted by atomic mass is 16.3. The van der Waals surface area contributed by atoms with Crippen molar-refractivity contribution in [1.82, 2.24) is 0 Å². The summed E-state index contributed by atoms with van der Waals surface area (Å²) in [6.07, 6.45) is 0. The van der Waals surface area contributed by atoms with Crippen molar-refractivity contribution in [2.75, 3.05) is 7.11 Å². The van der Waals surface area contributed by atoms with Gasteiger partial charge in [0.05, 0.1) is 0 Å². The van der Waals surface area contributed by atoms with E-state index in [4.69, 9.17) is 15.3 Å². The van der Waals surface area contributed by atoms with E-state index in [1.165, 1.54) is 0 Å². The Balaban J connectivity index is 0.000000606. The number of hydrogen-bond acceptors (Lipinski definition) is 3. The standard InChI is InChI=1S/C12H10O2.CH4O/c13-11-5-1-9(2-6-11)10-3-7-12(14)8-4-10;1-2/h1-8,13-14H;2H,1H3. The Morgan fingerprint density at radius 2 is 0.812 bits per heavy atom. The minimum Gasteiger partial charge on any atom is -0.508 e. The Kier molecular flexibility index (Phi) is 4.36. The van der Waals surface area contributed by atoms with E-state index in [9.17, 15) is 0 Å². The molecule has 3 nitrogen and oxygen atoms in total. The maximum absolute atomic E-state index is 9.11. The summed E-state index contributed by atoms with van der Waals surface area (Å²) in [5.74, 6) is 0.514. The molecule has 0 aliphatic rings. The minimum absolute atomic E-state index is 0.257. The quantitative estimate of drug-likeness (QED) is 0.688. The van der Waals surface area contributed by atoms with E-state index < -0.39 is 0 Å². The molecule has 16 heavy (non-hydrogen) atoms. The predicted molar refractivity (Wildman–Crippen MR) is 63.4 cm³/mol. The van der Waals surface area contributed by atoms with Gasteiger partial charge in [0.2, 0.25) is 0 Å². The van der Waals surface area contributed by atoms with Crippen molar-refractivity contribution in [1.29, 1.82) is 0 Å². The molecule has 3 N–H and O–H groups in total. The smallest absolute Gasteiger partial charge is 0.115 e. The Bertz CT molecular complexity index is 374. The number of aromatic hydroxyl groups is 2. The van der Waals surface area contributed by atoms with Crippen LogP contribution in [-0.4, -0.2) is 22.4 Å². The predicted octanol–water partition coefficient (Wildman–Crippen LogP) is 2.37. The van der Waals surface area contributed by atoms with Gasteiger partial charge in [0, 0.05) is 7.11 Å². The van der Waals surface area contributed by atoms with Gasteiger partial charge in [-0.15, -0.1) is 0 Å². The molecular weight excluding hydrogens is 204 g/mol. The number of aliphatic hydroxyl groups is 1. The van der Waals surface area contributed by atoms with E-state index in [1.807, 2.05) is 24.3 Å². The van der Waals surface area contributed by atoms with Crippen LogP contribution in [0.15, 0.2) is 48.5 Å². The second-order valence-corrected chi connectivity index (χ2v) is 3.09. The molecule has 84 valence electrons. The van der Waals surface area contributed by atoms with Crippen LogP contribution in [0.2, 0.25) is 0 Å². The third-order valence-corrected chi connectivity index (χ3v) is 2.07. The van der Waals surface area contributed by atoms with Crippen molar-refractivity contribution in [2.24, 2.45) is 0 Å². The summed E-state index contributed by atoms with van der Waals surface area (Å²) in [5.41, 5.74) is 2.03. The fourth-order valence-electron chi connectivity index (χ4n) is 1.31. The third kappa shape index (κ3) is 3.00. The summed E-state index contributed by atoms with van der Waals surface area (Å²) >= 11 is 0. The lowest BCUT2D eigenvalue weighted by Crippen LogP contribution is -1.75. The Morgan fingerprint density at radius 3 is 1.06 bits per heavy atom. The van der Waals surface area contributed by atoms with Crippen molar-refractivity contribution in [3.05, 3.63) is 48.5 Å². The summed E-state index contributed by atoms with van der Waals surface area (Å²) in [6.45, 7) is 0. The SMILES string of the molecule is CO.Oc1ccc(-c2ccc(O)cc2)cc1. The monoisotopic (exact) mass is 218 g/mol. The first kappa shape index (κ1) is 12.1. The fraction of sp³-hybridized carbons (Fsp3) is 0.0769. The highest BCUT2D eigenvalue weighted by molar-refractivity contribution is 5.64. The molecule has 0 fully saturated rings. The summed E-state index contributed by atoms with van der Waals surface area (Å²) in [7, 11) is 1.00. The van der Waals surface area contributed by atoms with Crippen molar-refractivity contribution in [3.8, 4) is 22.6 Å². The first-order valence-electron chi connectivity index (χ1n) is 4.79. The van der Waals surface area contributed by atoms with E-state index in [0.717, 1.165) is 18.2 Å². The molecule has 2 aromatic rings. The van der Waals surface area contributed by atoms with Crippen LogP contribution in [-0.2, 0) is 0 Å². The van der Waals surface area contributed by atoms with E-state index in [2.05, 4.69) is 0 Å². The number of rotatable bonds is 1. The largest absolute Gasteiger partial charge is 0.508 e. The molecule has 0 atom stereocenters. The van der Waals surface area contributed by atoms with Crippen LogP contribution in [0.1, 0.15) is 0 Å². The first-order chi connectivity index (χ1) is 7.75. The molecule has 0 heterocycles. The van der Waals surface area contributed by atoms with Gasteiger partial charge in [-0.05, 0) is 35.4 Å². The molecule has 0 aliphatic carbocycles. The van der Waals surface area contributed by atoms with Crippen LogP contribution in [0.3, 0.4) is 0 Å². The van der Waals surface area contributed by atoms with Crippen LogP contribution >= 0.6 is 0 Å². The molecule has 0 amide bonds. The van der Waals surface area contributed by atoms with Gasteiger partial charge in [0.1, 0.15) is 11.5 Å². The molecule has 2 rings (SSSR count). The normalized spacial score (nSPS) is 9.12. The zero-order valence-corrected chi connectivity index (χ0v) is 8.96. The van der Waals surface area contributed by atoms with E-state index in [1.54, 1.807) is 24.3 Å². The van der Waals surface area contributed by atoms with Crippen molar-refractivity contribution in [3.63, 3.8) is 0 Å². The number of aliphatic hydroxyl groups excluding tert-OH is 1. The molecule has 2 aromatic carbocycles. The fourth-order valence-corrected chi connectivity index (χ4v) is 1.31. The lowest BCUT2D eigenvalue weighted by molar-refractivity contribution is 0.399. The van der Waals surface area contributed by atoms with Gasteiger partial charge < -0.3 is 15.3 Å². The molecule has 0 saturated heterocycles. The van der Waals surface area contributed by atoms with Gasteiger partial charge in [-0.25, -0.2) is 0 Å². The molecule has 0 unspecified atom stereocenters. The van der Waals surface area contributed by atoms with Crippen LogP contribution in [0, 0.1) is 0 Å². The lowest BCUT2D eigenvalue weighted by atomic mass is 10.1. The average Bonchev–Trinajstić information content (AvgIpc) is 2.34. The molecule has 0 spiro atoms. The summed E-state index contributed by atoms with van der Waals surface area (Å²) in [5, 5.41) is 25.2.